The molecule has 0 aliphatic rings. The molecule has 0 radical (unpaired) electrons. The molecule has 0 spiro atoms. The fourth-order valence-electron chi connectivity index (χ4n) is 3.81. The molecule has 5 aromatic rings. The number of hydrogen-bond donors (Lipinski definition) is 0. The molecule has 160 valence electrons. The van der Waals surface area contributed by atoms with Crippen LogP contribution in [0.5, 0.6) is 0 Å². The summed E-state index contributed by atoms with van der Waals surface area (Å²) in [5, 5.41) is 1.71. The third-order valence-corrected chi connectivity index (χ3v) is 7.77. The quantitative estimate of drug-likeness (QED) is 0.218. The molecule has 5 rings (SSSR count). The number of thiophene rings is 1. The van der Waals surface area contributed by atoms with Crippen molar-refractivity contribution in [3.05, 3.63) is 100.0 Å². The van der Waals surface area contributed by atoms with Crippen molar-refractivity contribution in [1.29, 1.82) is 0 Å². The maximum Gasteiger partial charge on any atom is 0.272 e. The van der Waals surface area contributed by atoms with E-state index in [1.54, 1.807) is 18.0 Å². The number of rotatable bonds is 6. The van der Waals surface area contributed by atoms with Crippen LogP contribution in [0.25, 0.3) is 20.4 Å². The summed E-state index contributed by atoms with van der Waals surface area (Å²) in [6.45, 7) is 4.83. The van der Waals surface area contributed by atoms with Gasteiger partial charge in [0.05, 0.1) is 5.52 Å². The monoisotopic (exact) mass is 457 g/mol. The van der Waals surface area contributed by atoms with Crippen LogP contribution in [0.4, 0.5) is 0 Å². The van der Waals surface area contributed by atoms with Gasteiger partial charge in [0.15, 0.2) is 5.16 Å². The molecule has 0 N–H and O–H groups in total. The van der Waals surface area contributed by atoms with Crippen molar-refractivity contribution >= 4 is 43.5 Å². The van der Waals surface area contributed by atoms with Crippen LogP contribution < -0.4 is 5.56 Å². The van der Waals surface area contributed by atoms with Crippen LogP contribution in [0.3, 0.4) is 0 Å². The van der Waals surface area contributed by atoms with E-state index in [-0.39, 0.29) is 11.5 Å². The summed E-state index contributed by atoms with van der Waals surface area (Å²) in [6, 6.07) is 22.8. The first-order valence-corrected chi connectivity index (χ1v) is 12.4. The molecular formula is C26H23N3OS2. The van der Waals surface area contributed by atoms with Crippen LogP contribution in [0.1, 0.15) is 29.5 Å². The molecule has 3 aromatic heterocycles. The minimum absolute atomic E-state index is 0.0205. The van der Waals surface area contributed by atoms with Gasteiger partial charge >= 0.3 is 0 Å². The summed E-state index contributed by atoms with van der Waals surface area (Å²) in [7, 11) is 0. The number of pyridine rings is 1. The predicted octanol–water partition coefficient (Wildman–Crippen LogP) is 6.41. The van der Waals surface area contributed by atoms with Crippen molar-refractivity contribution in [1.82, 2.24) is 14.5 Å². The second-order valence-corrected chi connectivity index (χ2v) is 9.97. The number of hydrogen-bond acceptors (Lipinski definition) is 5. The number of nitrogens with zero attached hydrogens (tertiary/aromatic N) is 3. The maximum atomic E-state index is 13.6. The molecular weight excluding hydrogens is 434 g/mol. The Kier molecular flexibility index (Phi) is 5.81. The van der Waals surface area contributed by atoms with Crippen LogP contribution >= 0.6 is 23.1 Å². The highest BCUT2D eigenvalue weighted by atomic mass is 32.2. The van der Waals surface area contributed by atoms with Gasteiger partial charge in [-0.15, -0.1) is 11.3 Å². The Bertz CT molecular complexity index is 1440. The van der Waals surface area contributed by atoms with Gasteiger partial charge in [-0.2, -0.15) is 0 Å². The normalized spacial score (nSPS) is 12.4. The third-order valence-electron chi connectivity index (χ3n) is 5.63. The van der Waals surface area contributed by atoms with E-state index in [1.165, 1.54) is 28.0 Å². The van der Waals surface area contributed by atoms with Gasteiger partial charge in [-0.25, -0.2) is 9.97 Å². The largest absolute Gasteiger partial charge is 0.286 e. The van der Waals surface area contributed by atoms with Crippen LogP contribution in [-0.4, -0.2) is 14.5 Å². The molecule has 0 amide bonds. The highest BCUT2D eigenvalue weighted by Crippen LogP contribution is 2.32. The number of aryl methyl sites for hydroxylation is 1. The average Bonchev–Trinajstić information content (AvgIpc) is 3.20. The minimum atomic E-state index is 0.0205. The van der Waals surface area contributed by atoms with Gasteiger partial charge in [-0.1, -0.05) is 78.8 Å². The first kappa shape index (κ1) is 20.9. The molecule has 0 aliphatic heterocycles. The summed E-state index contributed by atoms with van der Waals surface area (Å²) < 4.78 is 2.53. The van der Waals surface area contributed by atoms with Crippen LogP contribution in [0, 0.1) is 6.92 Å². The summed E-state index contributed by atoms with van der Waals surface area (Å²) in [6.07, 6.45) is 1.76. The Hall–Kier alpha value is -2.96. The fourth-order valence-corrected chi connectivity index (χ4v) is 5.79. The lowest BCUT2D eigenvalue weighted by molar-refractivity contribution is 0.532. The lowest BCUT2D eigenvalue weighted by atomic mass is 10.0. The smallest absolute Gasteiger partial charge is 0.272 e. The van der Waals surface area contributed by atoms with Crippen LogP contribution in [-0.2, 0) is 12.3 Å². The first-order valence-electron chi connectivity index (χ1n) is 10.6. The summed E-state index contributed by atoms with van der Waals surface area (Å²) in [5.41, 5.74) is 4.45. The Balaban J connectivity index is 1.59. The Morgan fingerprint density at radius 1 is 1.03 bits per heavy atom. The highest BCUT2D eigenvalue weighted by molar-refractivity contribution is 7.98. The molecule has 0 bridgehead atoms. The number of benzene rings is 2. The molecule has 32 heavy (non-hydrogen) atoms. The number of thioether (sulfide) groups is 1. The van der Waals surface area contributed by atoms with E-state index < -0.39 is 0 Å². The predicted molar refractivity (Wildman–Crippen MR) is 135 cm³/mol. The van der Waals surface area contributed by atoms with E-state index >= 15 is 0 Å². The van der Waals surface area contributed by atoms with E-state index in [0.29, 0.717) is 11.2 Å². The zero-order valence-corrected chi connectivity index (χ0v) is 19.6. The van der Waals surface area contributed by atoms with Gasteiger partial charge in [-0.05, 0) is 36.1 Å². The van der Waals surface area contributed by atoms with Gasteiger partial charge in [-0.3, -0.25) is 9.36 Å². The van der Waals surface area contributed by atoms with Crippen molar-refractivity contribution in [2.24, 2.45) is 0 Å². The third kappa shape index (κ3) is 4.08. The average molecular weight is 458 g/mol. The van der Waals surface area contributed by atoms with Gasteiger partial charge in [0, 0.05) is 23.9 Å². The summed E-state index contributed by atoms with van der Waals surface area (Å²) >= 11 is 3.05. The lowest BCUT2D eigenvalue weighted by Gasteiger charge is -2.17. The SMILES string of the molecule is Cc1ccc(CSc2nc3c(sc4ncccc43)c(=O)n2CC(C)c2ccccc2)cc1. The van der Waals surface area contributed by atoms with Gasteiger partial charge < -0.3 is 0 Å². The van der Waals surface area contributed by atoms with Gasteiger partial charge in [0.2, 0.25) is 0 Å². The van der Waals surface area contributed by atoms with E-state index in [4.69, 9.17) is 4.98 Å². The topological polar surface area (TPSA) is 47.8 Å². The lowest BCUT2D eigenvalue weighted by Crippen LogP contribution is -2.25. The fraction of sp³-hybridized carbons (Fsp3) is 0.192. The summed E-state index contributed by atoms with van der Waals surface area (Å²) in [5.74, 6) is 0.956. The Labute approximate surface area is 195 Å². The zero-order chi connectivity index (χ0) is 22.1. The molecule has 0 saturated heterocycles. The van der Waals surface area contributed by atoms with Crippen LogP contribution in [0.15, 0.2) is 82.9 Å². The molecule has 1 atom stereocenters. The highest BCUT2D eigenvalue weighted by Gasteiger charge is 2.19. The van der Waals surface area contributed by atoms with Crippen molar-refractivity contribution in [3.63, 3.8) is 0 Å². The van der Waals surface area contributed by atoms with E-state index in [9.17, 15) is 4.79 Å². The molecule has 0 fully saturated rings. The molecule has 0 saturated carbocycles. The number of fused-ring (bicyclic) bond motifs is 3. The molecule has 4 nitrogen and oxygen atoms in total. The molecule has 1 unspecified atom stereocenters. The van der Waals surface area contributed by atoms with E-state index in [2.05, 4.69) is 55.2 Å². The van der Waals surface area contributed by atoms with Crippen molar-refractivity contribution < 1.29 is 0 Å². The van der Waals surface area contributed by atoms with Crippen molar-refractivity contribution in [2.75, 3.05) is 0 Å². The zero-order valence-electron chi connectivity index (χ0n) is 18.0. The van der Waals surface area contributed by atoms with E-state index in [0.717, 1.165) is 26.6 Å². The first-order chi connectivity index (χ1) is 15.6. The summed E-state index contributed by atoms with van der Waals surface area (Å²) in [4.78, 5) is 23.9. The van der Waals surface area contributed by atoms with Gasteiger partial charge in [0.25, 0.3) is 5.56 Å². The molecule has 6 heteroatoms. The number of aromatic nitrogens is 3. The molecule has 2 aromatic carbocycles. The standard InChI is InChI=1S/C26H23N3OS2/c1-17-10-12-19(13-11-17)16-31-26-28-22-21-9-6-14-27-24(21)32-23(22)25(30)29(26)15-18(2)20-7-4-3-5-8-20/h3-14,18H,15-16H2,1-2H3. The van der Waals surface area contributed by atoms with Crippen molar-refractivity contribution in [2.45, 2.75) is 37.2 Å². The Morgan fingerprint density at radius 2 is 1.81 bits per heavy atom. The molecule has 0 aliphatic carbocycles. The Morgan fingerprint density at radius 3 is 2.59 bits per heavy atom. The van der Waals surface area contributed by atoms with Crippen molar-refractivity contribution in [3.8, 4) is 0 Å². The van der Waals surface area contributed by atoms with Crippen LogP contribution in [0.2, 0.25) is 0 Å². The maximum absolute atomic E-state index is 13.6. The van der Waals surface area contributed by atoms with E-state index in [1.807, 2.05) is 34.9 Å². The van der Waals surface area contributed by atoms with Gasteiger partial charge in [0.1, 0.15) is 9.53 Å². The second-order valence-electron chi connectivity index (χ2n) is 8.03. The minimum Gasteiger partial charge on any atom is -0.286 e. The molecule has 3 heterocycles. The second kappa shape index (κ2) is 8.88.